The number of furan rings is 2. The lowest BCUT2D eigenvalue weighted by atomic mass is 9.92. The molecule has 16 rings (SSSR count). The first-order valence-corrected chi connectivity index (χ1v) is 25.6. The Morgan fingerprint density at radius 1 is 0.276 bits per heavy atom. The Hall–Kier alpha value is -10.4. The Labute approximate surface area is 434 Å². The number of hydrogen-bond donors (Lipinski definition) is 0. The fourth-order valence-electron chi connectivity index (χ4n) is 11.8. The molecule has 11 aromatic carbocycles. The molecule has 0 aliphatic rings. The Bertz CT molecular complexity index is 4800. The Morgan fingerprint density at radius 2 is 0.711 bits per heavy atom. The van der Waals surface area contributed by atoms with Crippen molar-refractivity contribution in [2.45, 2.75) is 0 Å². The molecule has 0 radical (unpaired) electrons. The Morgan fingerprint density at radius 3 is 1.28 bits per heavy atom. The molecule has 0 unspecified atom stereocenters. The van der Waals surface area contributed by atoms with E-state index in [0.717, 1.165) is 116 Å². The number of rotatable bonds is 7. The van der Waals surface area contributed by atoms with Gasteiger partial charge in [-0.05, 0) is 90.0 Å². The van der Waals surface area contributed by atoms with Crippen molar-refractivity contribution in [2.24, 2.45) is 0 Å². The second-order valence-electron chi connectivity index (χ2n) is 19.5. The summed E-state index contributed by atoms with van der Waals surface area (Å²) < 4.78 is 17.8. The molecule has 5 aromatic heterocycles. The highest BCUT2D eigenvalue weighted by Crippen LogP contribution is 2.47. The molecule has 0 bridgehead atoms. The average molecular weight is 972 g/mol. The van der Waals surface area contributed by atoms with E-state index in [4.69, 9.17) is 23.8 Å². The minimum absolute atomic E-state index is 0.526. The zero-order valence-electron chi connectivity index (χ0n) is 40.7. The van der Waals surface area contributed by atoms with Gasteiger partial charge in [0.05, 0.1) is 27.8 Å². The number of hydrogen-bond acceptors (Lipinski definition) is 5. The maximum absolute atomic E-state index is 6.45. The molecule has 0 saturated heterocycles. The summed E-state index contributed by atoms with van der Waals surface area (Å²) in [6.07, 6.45) is 0. The van der Waals surface area contributed by atoms with E-state index in [9.17, 15) is 0 Å². The minimum atomic E-state index is 0.526. The highest BCUT2D eigenvalue weighted by molar-refractivity contribution is 6.26. The number of fused-ring (bicyclic) bond motifs is 13. The van der Waals surface area contributed by atoms with Crippen LogP contribution in [0.2, 0.25) is 0 Å². The summed E-state index contributed by atoms with van der Waals surface area (Å²) in [5.74, 6) is 1.59. The van der Waals surface area contributed by atoms with E-state index in [1.807, 2.05) is 48.5 Å². The van der Waals surface area contributed by atoms with Crippen LogP contribution in [0, 0.1) is 0 Å². The van der Waals surface area contributed by atoms with Crippen LogP contribution in [0.5, 0.6) is 0 Å². The van der Waals surface area contributed by atoms with Gasteiger partial charge in [0.15, 0.2) is 17.5 Å². The Balaban J connectivity index is 1.01. The van der Waals surface area contributed by atoms with Gasteiger partial charge in [-0.1, -0.05) is 170 Å². The zero-order chi connectivity index (χ0) is 49.8. The van der Waals surface area contributed by atoms with Crippen LogP contribution in [0.4, 0.5) is 0 Å². The van der Waals surface area contributed by atoms with E-state index in [0.29, 0.717) is 17.5 Å². The monoisotopic (exact) mass is 971 g/mol. The van der Waals surface area contributed by atoms with E-state index < -0.39 is 0 Å². The number of aromatic nitrogens is 5. The normalized spacial score (nSPS) is 11.9. The second kappa shape index (κ2) is 16.6. The van der Waals surface area contributed by atoms with Crippen molar-refractivity contribution in [1.29, 1.82) is 0 Å². The first-order chi connectivity index (χ1) is 37.7. The molecule has 76 heavy (non-hydrogen) atoms. The second-order valence-corrected chi connectivity index (χ2v) is 19.5. The average Bonchev–Trinajstić information content (AvgIpc) is 4.38. The van der Waals surface area contributed by atoms with Crippen molar-refractivity contribution in [3.8, 4) is 67.8 Å². The highest BCUT2D eigenvalue weighted by Gasteiger charge is 2.26. The lowest BCUT2D eigenvalue weighted by molar-refractivity contribution is 0.668. The molecule has 16 aromatic rings. The predicted octanol–water partition coefficient (Wildman–Crippen LogP) is 18.2. The van der Waals surface area contributed by atoms with E-state index in [1.165, 1.54) is 21.5 Å². The van der Waals surface area contributed by atoms with E-state index >= 15 is 0 Å². The SMILES string of the molecule is c1ccc(-c2cc(-c3nc(-c4ccc5c(c4)oc4ccccc45)nc(-c4ccc5c(c4)oc4ccccc45)n3)cc(-c3ccccc3)c2-n2c3ccccc3c3ccc4c(c5ccccc5n4-c4ccccc4)c32)cc1. The van der Waals surface area contributed by atoms with Gasteiger partial charge < -0.3 is 18.0 Å². The van der Waals surface area contributed by atoms with Gasteiger partial charge in [0.2, 0.25) is 0 Å². The van der Waals surface area contributed by atoms with Gasteiger partial charge in [0, 0.05) is 76.6 Å². The molecule has 7 heteroatoms. The van der Waals surface area contributed by atoms with E-state index in [1.54, 1.807) is 0 Å². The topological polar surface area (TPSA) is 74.8 Å². The van der Waals surface area contributed by atoms with Crippen LogP contribution in [-0.2, 0) is 0 Å². The number of nitrogens with zero attached hydrogens (tertiary/aromatic N) is 5. The third-order valence-electron chi connectivity index (χ3n) is 15.2. The number of benzene rings is 11. The predicted molar refractivity (Wildman–Crippen MR) is 310 cm³/mol. The van der Waals surface area contributed by atoms with Gasteiger partial charge in [-0.25, -0.2) is 15.0 Å². The summed E-state index contributed by atoms with van der Waals surface area (Å²) >= 11 is 0. The molecular formula is C69H41N5O2. The highest BCUT2D eigenvalue weighted by atomic mass is 16.3. The van der Waals surface area contributed by atoms with Gasteiger partial charge in [0.25, 0.3) is 0 Å². The first-order valence-electron chi connectivity index (χ1n) is 25.6. The summed E-state index contributed by atoms with van der Waals surface area (Å²) in [5.41, 5.74) is 16.5. The molecular weight excluding hydrogens is 931 g/mol. The van der Waals surface area contributed by atoms with Gasteiger partial charge >= 0.3 is 0 Å². The van der Waals surface area contributed by atoms with Gasteiger partial charge in [0.1, 0.15) is 22.3 Å². The van der Waals surface area contributed by atoms with Crippen LogP contribution in [-0.4, -0.2) is 24.1 Å². The standard InChI is InChI=1S/C69H41N5O2/c1-4-18-42(19-5-1)55-38-46(69-71-67(44-32-34-51-49-25-12-16-30-60(49)75-62(51)40-44)70-68(72-69)45-33-35-52-50-26-13-17-31-61(50)76-63(52)41-45)39-56(43-20-6-2-7-21-43)65(55)74-57-28-14-10-24-48(57)53-36-37-59-64(66(53)74)54-27-11-15-29-58(54)73(59)47-22-8-3-9-23-47/h1-41H. The van der Waals surface area contributed by atoms with Crippen molar-refractivity contribution >= 4 is 87.5 Å². The van der Waals surface area contributed by atoms with E-state index in [2.05, 4.69) is 209 Å². The van der Waals surface area contributed by atoms with Crippen LogP contribution < -0.4 is 0 Å². The molecule has 7 nitrogen and oxygen atoms in total. The molecule has 0 aliphatic carbocycles. The summed E-state index contributed by atoms with van der Waals surface area (Å²) in [6.45, 7) is 0. The number of para-hydroxylation sites is 5. The lowest BCUT2D eigenvalue weighted by Crippen LogP contribution is -2.04. The largest absolute Gasteiger partial charge is 0.456 e. The van der Waals surface area contributed by atoms with Crippen LogP contribution >= 0.6 is 0 Å². The molecule has 0 amide bonds. The molecule has 354 valence electrons. The summed E-state index contributed by atoms with van der Waals surface area (Å²) in [5, 5.41) is 8.91. The third-order valence-corrected chi connectivity index (χ3v) is 15.2. The van der Waals surface area contributed by atoms with Crippen molar-refractivity contribution in [3.05, 3.63) is 249 Å². The van der Waals surface area contributed by atoms with Gasteiger partial charge in [-0.3, -0.25) is 0 Å². The molecule has 0 spiro atoms. The minimum Gasteiger partial charge on any atom is -0.456 e. The lowest BCUT2D eigenvalue weighted by Gasteiger charge is -2.21. The van der Waals surface area contributed by atoms with Crippen LogP contribution in [0.1, 0.15) is 0 Å². The quantitative estimate of drug-likeness (QED) is 0.159. The fraction of sp³-hybridized carbons (Fsp3) is 0. The van der Waals surface area contributed by atoms with E-state index in [-0.39, 0.29) is 0 Å². The van der Waals surface area contributed by atoms with Crippen molar-refractivity contribution in [2.75, 3.05) is 0 Å². The van der Waals surface area contributed by atoms with Crippen molar-refractivity contribution < 1.29 is 8.83 Å². The smallest absolute Gasteiger partial charge is 0.164 e. The maximum Gasteiger partial charge on any atom is 0.164 e. The maximum atomic E-state index is 6.45. The molecule has 0 saturated carbocycles. The Kier molecular flexibility index (Phi) is 9.20. The first kappa shape index (κ1) is 42.2. The molecule has 0 fully saturated rings. The van der Waals surface area contributed by atoms with Crippen molar-refractivity contribution in [1.82, 2.24) is 24.1 Å². The van der Waals surface area contributed by atoms with Crippen molar-refractivity contribution in [3.63, 3.8) is 0 Å². The van der Waals surface area contributed by atoms with Crippen LogP contribution in [0.25, 0.3) is 155 Å². The molecule has 0 aliphatic heterocycles. The molecule has 5 heterocycles. The summed E-state index contributed by atoms with van der Waals surface area (Å²) in [7, 11) is 0. The third kappa shape index (κ3) is 6.46. The van der Waals surface area contributed by atoms with Gasteiger partial charge in [-0.15, -0.1) is 0 Å². The summed E-state index contributed by atoms with van der Waals surface area (Å²) in [6, 6.07) is 87.7. The molecule has 0 atom stereocenters. The van der Waals surface area contributed by atoms with Gasteiger partial charge in [-0.2, -0.15) is 0 Å². The fourth-order valence-corrected chi connectivity index (χ4v) is 11.8. The van der Waals surface area contributed by atoms with Crippen LogP contribution in [0.3, 0.4) is 0 Å². The zero-order valence-corrected chi connectivity index (χ0v) is 40.7. The molecule has 0 N–H and O–H groups in total. The van der Waals surface area contributed by atoms with Crippen LogP contribution in [0.15, 0.2) is 258 Å². The summed E-state index contributed by atoms with van der Waals surface area (Å²) in [4.78, 5) is 16.1.